The van der Waals surface area contributed by atoms with Gasteiger partial charge in [-0.3, -0.25) is 0 Å². The van der Waals surface area contributed by atoms with Crippen LogP contribution in [0, 0.1) is 5.92 Å². The van der Waals surface area contributed by atoms with E-state index >= 15 is 0 Å². The van der Waals surface area contributed by atoms with Crippen LogP contribution in [0.25, 0.3) is 0 Å². The summed E-state index contributed by atoms with van der Waals surface area (Å²) < 4.78 is 5.38. The molecule has 10 heavy (non-hydrogen) atoms. The molecular weight excluding hydrogens is 132 g/mol. The summed E-state index contributed by atoms with van der Waals surface area (Å²) in [5.74, 6) is 0.189. The average Bonchev–Trinajstić information content (AvgIpc) is 2.44. The van der Waals surface area contributed by atoms with Crippen molar-refractivity contribution in [1.82, 2.24) is 0 Å². The van der Waals surface area contributed by atoms with Gasteiger partial charge in [-0.15, -0.1) is 0 Å². The van der Waals surface area contributed by atoms with Crippen molar-refractivity contribution in [2.45, 2.75) is 31.2 Å². The maximum atomic E-state index is 9.28. The second-order valence-corrected chi connectivity index (χ2v) is 3.20. The lowest BCUT2D eigenvalue weighted by molar-refractivity contribution is 0.0185. The Morgan fingerprint density at radius 2 is 2.20 bits per heavy atom. The van der Waals surface area contributed by atoms with Crippen LogP contribution in [0.3, 0.4) is 0 Å². The first-order chi connectivity index (χ1) is 4.81. The molecule has 4 atom stereocenters. The Hall–Kier alpha value is -0.120. The standard InChI is InChI=1S/C7H12O3/c8-3-4-1-5-2-6(9)7(4)10-5/h4-9H,1-3H2. The molecule has 0 spiro atoms. The van der Waals surface area contributed by atoms with E-state index in [0.717, 1.165) is 12.8 Å². The molecule has 0 aliphatic carbocycles. The molecule has 3 nitrogen and oxygen atoms in total. The van der Waals surface area contributed by atoms with Crippen molar-refractivity contribution >= 4 is 0 Å². The van der Waals surface area contributed by atoms with Crippen LogP contribution in [-0.4, -0.2) is 35.1 Å². The second-order valence-electron chi connectivity index (χ2n) is 3.20. The molecule has 0 aromatic rings. The minimum atomic E-state index is -0.323. The van der Waals surface area contributed by atoms with Crippen molar-refractivity contribution in [3.8, 4) is 0 Å². The third-order valence-electron chi connectivity index (χ3n) is 2.50. The van der Waals surface area contributed by atoms with Gasteiger partial charge in [0.05, 0.1) is 18.3 Å². The van der Waals surface area contributed by atoms with E-state index in [4.69, 9.17) is 9.84 Å². The van der Waals surface area contributed by atoms with Gasteiger partial charge in [0.2, 0.25) is 0 Å². The molecule has 2 fully saturated rings. The van der Waals surface area contributed by atoms with Gasteiger partial charge in [0.1, 0.15) is 0 Å². The van der Waals surface area contributed by atoms with Crippen LogP contribution in [-0.2, 0) is 4.74 Å². The molecule has 58 valence electrons. The highest BCUT2D eigenvalue weighted by atomic mass is 16.5. The maximum Gasteiger partial charge on any atom is 0.0889 e. The summed E-state index contributed by atoms with van der Waals surface area (Å²) in [5, 5.41) is 18.1. The Kier molecular flexibility index (Phi) is 1.44. The molecule has 2 bridgehead atoms. The highest BCUT2D eigenvalue weighted by Crippen LogP contribution is 2.38. The molecular formula is C7H12O3. The lowest BCUT2D eigenvalue weighted by Crippen LogP contribution is -2.32. The summed E-state index contributed by atoms with van der Waals surface area (Å²) in [4.78, 5) is 0. The smallest absolute Gasteiger partial charge is 0.0889 e. The zero-order chi connectivity index (χ0) is 7.14. The van der Waals surface area contributed by atoms with Crippen LogP contribution in [0.15, 0.2) is 0 Å². The van der Waals surface area contributed by atoms with Crippen LogP contribution in [0.5, 0.6) is 0 Å². The van der Waals surface area contributed by atoms with Gasteiger partial charge in [0, 0.05) is 18.9 Å². The highest BCUT2D eigenvalue weighted by Gasteiger charge is 2.46. The molecule has 0 amide bonds. The summed E-state index contributed by atoms with van der Waals surface area (Å²) in [7, 11) is 0. The van der Waals surface area contributed by atoms with Gasteiger partial charge in [-0.25, -0.2) is 0 Å². The molecule has 2 N–H and O–H groups in total. The Bertz CT molecular complexity index is 135. The van der Waals surface area contributed by atoms with E-state index in [9.17, 15) is 5.11 Å². The second kappa shape index (κ2) is 2.19. The minimum Gasteiger partial charge on any atom is -0.396 e. The van der Waals surface area contributed by atoms with E-state index in [1.165, 1.54) is 0 Å². The normalized spacial score (nSPS) is 52.2. The number of hydrogen-bond acceptors (Lipinski definition) is 3. The average molecular weight is 144 g/mol. The van der Waals surface area contributed by atoms with Gasteiger partial charge < -0.3 is 14.9 Å². The quantitative estimate of drug-likeness (QED) is 0.522. The summed E-state index contributed by atoms with van der Waals surface area (Å²) in [6.07, 6.45) is 1.52. The summed E-state index contributed by atoms with van der Waals surface area (Å²) in [5.41, 5.74) is 0. The molecule has 0 aromatic carbocycles. The Balaban J connectivity index is 2.06. The van der Waals surface area contributed by atoms with E-state index in [1.54, 1.807) is 0 Å². The summed E-state index contributed by atoms with van der Waals surface area (Å²) in [6, 6.07) is 0. The van der Waals surface area contributed by atoms with Crippen LogP contribution < -0.4 is 0 Å². The molecule has 0 radical (unpaired) electrons. The monoisotopic (exact) mass is 144 g/mol. The Morgan fingerprint density at radius 3 is 2.60 bits per heavy atom. The number of rotatable bonds is 1. The van der Waals surface area contributed by atoms with Crippen molar-refractivity contribution in [1.29, 1.82) is 0 Å². The molecule has 2 heterocycles. The number of fused-ring (bicyclic) bond motifs is 2. The first-order valence-corrected chi connectivity index (χ1v) is 3.75. The fourth-order valence-electron chi connectivity index (χ4n) is 2.00. The van der Waals surface area contributed by atoms with Gasteiger partial charge >= 0.3 is 0 Å². The lowest BCUT2D eigenvalue weighted by Gasteiger charge is -2.20. The minimum absolute atomic E-state index is 0.0741. The fraction of sp³-hybridized carbons (Fsp3) is 1.00. The maximum absolute atomic E-state index is 9.28. The molecule has 2 aliphatic heterocycles. The molecule has 4 unspecified atom stereocenters. The predicted molar refractivity (Wildman–Crippen MR) is 34.5 cm³/mol. The molecule has 0 aromatic heterocycles. The van der Waals surface area contributed by atoms with Crippen molar-refractivity contribution in [2.24, 2.45) is 5.92 Å². The molecule has 2 aliphatic rings. The summed E-state index contributed by atoms with van der Waals surface area (Å²) >= 11 is 0. The lowest BCUT2D eigenvalue weighted by atomic mass is 9.88. The fourth-order valence-corrected chi connectivity index (χ4v) is 2.00. The first-order valence-electron chi connectivity index (χ1n) is 3.75. The Morgan fingerprint density at radius 1 is 1.40 bits per heavy atom. The largest absolute Gasteiger partial charge is 0.396 e. The zero-order valence-electron chi connectivity index (χ0n) is 5.73. The van der Waals surface area contributed by atoms with Crippen LogP contribution in [0.2, 0.25) is 0 Å². The molecule has 3 heteroatoms. The van der Waals surface area contributed by atoms with Crippen LogP contribution in [0.4, 0.5) is 0 Å². The third kappa shape index (κ3) is 0.779. The number of aliphatic hydroxyl groups is 2. The topological polar surface area (TPSA) is 49.7 Å². The Labute approximate surface area is 59.6 Å². The third-order valence-corrected chi connectivity index (χ3v) is 2.50. The van der Waals surface area contributed by atoms with Gasteiger partial charge in [-0.05, 0) is 6.42 Å². The van der Waals surface area contributed by atoms with E-state index < -0.39 is 0 Å². The van der Waals surface area contributed by atoms with E-state index in [-0.39, 0.29) is 30.8 Å². The van der Waals surface area contributed by atoms with Crippen molar-refractivity contribution in [2.75, 3.05) is 6.61 Å². The van der Waals surface area contributed by atoms with Crippen molar-refractivity contribution < 1.29 is 14.9 Å². The highest BCUT2D eigenvalue weighted by molar-refractivity contribution is 4.94. The number of aliphatic hydroxyl groups excluding tert-OH is 2. The van der Waals surface area contributed by atoms with Gasteiger partial charge in [-0.1, -0.05) is 0 Å². The van der Waals surface area contributed by atoms with Crippen molar-refractivity contribution in [3.05, 3.63) is 0 Å². The number of ether oxygens (including phenoxy) is 1. The van der Waals surface area contributed by atoms with E-state index in [1.807, 2.05) is 0 Å². The number of hydrogen-bond donors (Lipinski definition) is 2. The van der Waals surface area contributed by atoms with E-state index in [0.29, 0.717) is 0 Å². The SMILES string of the molecule is OCC1CC2CC(O)C1O2. The van der Waals surface area contributed by atoms with Gasteiger partial charge in [0.25, 0.3) is 0 Å². The zero-order valence-corrected chi connectivity index (χ0v) is 5.73. The molecule has 2 saturated heterocycles. The van der Waals surface area contributed by atoms with Gasteiger partial charge in [-0.2, -0.15) is 0 Å². The predicted octanol–water partition coefficient (Wildman–Crippen LogP) is -0.483. The van der Waals surface area contributed by atoms with Crippen LogP contribution >= 0.6 is 0 Å². The van der Waals surface area contributed by atoms with Gasteiger partial charge in [0.15, 0.2) is 0 Å². The summed E-state index contributed by atoms with van der Waals surface area (Å²) in [6.45, 7) is 0.151. The van der Waals surface area contributed by atoms with Crippen LogP contribution in [0.1, 0.15) is 12.8 Å². The molecule has 2 rings (SSSR count). The van der Waals surface area contributed by atoms with E-state index in [2.05, 4.69) is 0 Å². The van der Waals surface area contributed by atoms with Crippen molar-refractivity contribution in [3.63, 3.8) is 0 Å². The first kappa shape index (κ1) is 6.58. The molecule has 0 saturated carbocycles.